The second-order valence-electron chi connectivity index (χ2n) is 6.28. The SMILES string of the molecule is Cc1ccccc1OCC(=O)NCCCNC(=O)c1cc2ccccc2[nH]1. The number of carbonyl (C=O) groups is 2. The molecular formula is C21H23N3O3. The summed E-state index contributed by atoms with van der Waals surface area (Å²) in [6.07, 6.45) is 0.641. The minimum atomic E-state index is -0.180. The molecule has 2 amide bonds. The number of ether oxygens (including phenoxy) is 1. The highest BCUT2D eigenvalue weighted by Gasteiger charge is 2.08. The van der Waals surface area contributed by atoms with E-state index < -0.39 is 0 Å². The molecule has 0 radical (unpaired) electrons. The summed E-state index contributed by atoms with van der Waals surface area (Å²) >= 11 is 0. The van der Waals surface area contributed by atoms with E-state index in [9.17, 15) is 9.59 Å². The highest BCUT2D eigenvalue weighted by atomic mass is 16.5. The zero-order chi connectivity index (χ0) is 19.1. The first-order chi connectivity index (χ1) is 13.1. The number of nitrogens with one attached hydrogen (secondary N) is 3. The van der Waals surface area contributed by atoms with Gasteiger partial charge in [0.25, 0.3) is 11.8 Å². The summed E-state index contributed by atoms with van der Waals surface area (Å²) < 4.78 is 5.49. The summed E-state index contributed by atoms with van der Waals surface area (Å²) in [5, 5.41) is 6.63. The van der Waals surface area contributed by atoms with Crippen molar-refractivity contribution in [3.05, 3.63) is 65.9 Å². The average Bonchev–Trinajstić information content (AvgIpc) is 3.11. The molecule has 0 saturated carbocycles. The number of aromatic nitrogens is 1. The first-order valence-corrected chi connectivity index (χ1v) is 8.94. The number of fused-ring (bicyclic) bond motifs is 1. The number of H-pyrrole nitrogens is 1. The lowest BCUT2D eigenvalue weighted by atomic mass is 10.2. The highest BCUT2D eigenvalue weighted by Crippen LogP contribution is 2.16. The van der Waals surface area contributed by atoms with Crippen molar-refractivity contribution in [2.45, 2.75) is 13.3 Å². The Balaban J connectivity index is 1.33. The fraction of sp³-hybridized carbons (Fsp3) is 0.238. The Labute approximate surface area is 157 Å². The van der Waals surface area contributed by atoms with Gasteiger partial charge in [0.2, 0.25) is 0 Å². The standard InChI is InChI=1S/C21H23N3O3/c1-15-7-2-5-10-19(15)27-14-20(25)22-11-6-12-23-21(26)18-13-16-8-3-4-9-17(16)24-18/h2-5,7-10,13,24H,6,11-12,14H2,1H3,(H,22,25)(H,23,26). The molecule has 0 unspecified atom stereocenters. The molecule has 6 nitrogen and oxygen atoms in total. The highest BCUT2D eigenvalue weighted by molar-refractivity contribution is 5.97. The van der Waals surface area contributed by atoms with E-state index in [1.165, 1.54) is 0 Å². The number of benzene rings is 2. The van der Waals surface area contributed by atoms with Gasteiger partial charge in [-0.25, -0.2) is 0 Å². The number of rotatable bonds is 8. The summed E-state index contributed by atoms with van der Waals surface area (Å²) in [6, 6.07) is 17.1. The van der Waals surface area contributed by atoms with Gasteiger partial charge >= 0.3 is 0 Å². The molecular weight excluding hydrogens is 342 g/mol. The van der Waals surface area contributed by atoms with Crippen molar-refractivity contribution in [2.75, 3.05) is 19.7 Å². The van der Waals surface area contributed by atoms with Gasteiger partial charge in [-0.1, -0.05) is 36.4 Å². The van der Waals surface area contributed by atoms with Crippen molar-refractivity contribution in [3.8, 4) is 5.75 Å². The summed E-state index contributed by atoms with van der Waals surface area (Å²) in [7, 11) is 0. The molecule has 3 rings (SSSR count). The van der Waals surface area contributed by atoms with Crippen LogP contribution < -0.4 is 15.4 Å². The molecule has 0 atom stereocenters. The molecule has 0 fully saturated rings. The Morgan fingerprint density at radius 3 is 2.56 bits per heavy atom. The van der Waals surface area contributed by atoms with Gasteiger partial charge in [0.15, 0.2) is 6.61 Å². The number of hydrogen-bond donors (Lipinski definition) is 3. The third-order valence-electron chi connectivity index (χ3n) is 4.19. The minimum Gasteiger partial charge on any atom is -0.484 e. The summed E-state index contributed by atoms with van der Waals surface area (Å²) in [5.74, 6) is 0.374. The molecule has 3 aromatic rings. The topological polar surface area (TPSA) is 83.2 Å². The van der Waals surface area contributed by atoms with Crippen molar-refractivity contribution < 1.29 is 14.3 Å². The zero-order valence-electron chi connectivity index (χ0n) is 15.2. The molecule has 3 N–H and O–H groups in total. The maximum absolute atomic E-state index is 12.2. The van der Waals surface area contributed by atoms with E-state index in [-0.39, 0.29) is 18.4 Å². The van der Waals surface area contributed by atoms with E-state index >= 15 is 0 Å². The Morgan fingerprint density at radius 1 is 1.00 bits per heavy atom. The lowest BCUT2D eigenvalue weighted by Crippen LogP contribution is -2.32. The van der Waals surface area contributed by atoms with Crippen LogP contribution in [0.1, 0.15) is 22.5 Å². The number of aromatic amines is 1. The third-order valence-corrected chi connectivity index (χ3v) is 4.19. The van der Waals surface area contributed by atoms with E-state index in [4.69, 9.17) is 4.74 Å². The van der Waals surface area contributed by atoms with Crippen molar-refractivity contribution >= 4 is 22.7 Å². The van der Waals surface area contributed by atoms with E-state index in [1.54, 1.807) is 0 Å². The molecule has 0 aliphatic rings. The van der Waals surface area contributed by atoms with Crippen LogP contribution in [0.25, 0.3) is 10.9 Å². The second-order valence-corrected chi connectivity index (χ2v) is 6.28. The van der Waals surface area contributed by atoms with Crippen LogP contribution in [0.3, 0.4) is 0 Å². The van der Waals surface area contributed by atoms with E-state index in [0.29, 0.717) is 31.0 Å². The summed E-state index contributed by atoms with van der Waals surface area (Å²) in [4.78, 5) is 27.1. The minimum absolute atomic E-state index is 0.0216. The van der Waals surface area contributed by atoms with Crippen LogP contribution in [0.2, 0.25) is 0 Å². The molecule has 2 aromatic carbocycles. The summed E-state index contributed by atoms with van der Waals surface area (Å²) in [5.41, 5.74) is 2.46. The predicted octanol–water partition coefficient (Wildman–Crippen LogP) is 2.79. The normalized spacial score (nSPS) is 10.6. The first kappa shape index (κ1) is 18.5. The molecule has 0 aliphatic heterocycles. The fourth-order valence-corrected chi connectivity index (χ4v) is 2.72. The number of amides is 2. The van der Waals surface area contributed by atoms with Gasteiger partial charge in [-0.3, -0.25) is 9.59 Å². The van der Waals surface area contributed by atoms with Gasteiger partial charge in [-0.2, -0.15) is 0 Å². The van der Waals surface area contributed by atoms with Crippen molar-refractivity contribution in [1.82, 2.24) is 15.6 Å². The van der Waals surface area contributed by atoms with Crippen LogP contribution in [-0.2, 0) is 4.79 Å². The smallest absolute Gasteiger partial charge is 0.267 e. The first-order valence-electron chi connectivity index (χ1n) is 8.94. The van der Waals surface area contributed by atoms with Crippen LogP contribution >= 0.6 is 0 Å². The average molecular weight is 365 g/mol. The quantitative estimate of drug-likeness (QED) is 0.537. The van der Waals surface area contributed by atoms with Gasteiger partial charge < -0.3 is 20.4 Å². The van der Waals surface area contributed by atoms with Crippen LogP contribution in [0.15, 0.2) is 54.6 Å². The fourth-order valence-electron chi connectivity index (χ4n) is 2.72. The Morgan fingerprint density at radius 2 is 1.74 bits per heavy atom. The molecule has 0 aliphatic carbocycles. The third kappa shape index (κ3) is 5.10. The lowest BCUT2D eigenvalue weighted by Gasteiger charge is -2.09. The van der Waals surface area contributed by atoms with Gasteiger partial charge in [0.1, 0.15) is 11.4 Å². The number of para-hydroxylation sites is 2. The van der Waals surface area contributed by atoms with E-state index in [0.717, 1.165) is 16.5 Å². The molecule has 1 aromatic heterocycles. The summed E-state index contributed by atoms with van der Waals surface area (Å²) in [6.45, 7) is 2.87. The molecule has 140 valence electrons. The van der Waals surface area contributed by atoms with Crippen LogP contribution in [0.5, 0.6) is 5.75 Å². The largest absolute Gasteiger partial charge is 0.484 e. The lowest BCUT2D eigenvalue weighted by molar-refractivity contribution is -0.123. The van der Waals surface area contributed by atoms with E-state index in [1.807, 2.05) is 61.5 Å². The number of aryl methyl sites for hydroxylation is 1. The molecule has 0 spiro atoms. The molecule has 0 bridgehead atoms. The molecule has 6 heteroatoms. The Hall–Kier alpha value is -3.28. The predicted molar refractivity (Wildman–Crippen MR) is 105 cm³/mol. The van der Waals surface area contributed by atoms with Crippen molar-refractivity contribution in [3.63, 3.8) is 0 Å². The van der Waals surface area contributed by atoms with Crippen LogP contribution in [-0.4, -0.2) is 36.5 Å². The van der Waals surface area contributed by atoms with E-state index in [2.05, 4.69) is 15.6 Å². The van der Waals surface area contributed by atoms with Crippen LogP contribution in [0.4, 0.5) is 0 Å². The number of hydrogen-bond acceptors (Lipinski definition) is 3. The Kier molecular flexibility index (Phi) is 6.10. The maximum Gasteiger partial charge on any atom is 0.267 e. The van der Waals surface area contributed by atoms with Crippen LogP contribution in [0, 0.1) is 6.92 Å². The van der Waals surface area contributed by atoms with Gasteiger partial charge in [0.05, 0.1) is 0 Å². The Bertz CT molecular complexity index is 900. The monoisotopic (exact) mass is 365 g/mol. The van der Waals surface area contributed by atoms with Gasteiger partial charge in [-0.15, -0.1) is 0 Å². The van der Waals surface area contributed by atoms with Gasteiger partial charge in [0, 0.05) is 24.0 Å². The zero-order valence-corrected chi connectivity index (χ0v) is 15.2. The molecule has 0 saturated heterocycles. The molecule has 27 heavy (non-hydrogen) atoms. The second kappa shape index (κ2) is 8.89. The maximum atomic E-state index is 12.2. The molecule has 1 heterocycles. The van der Waals surface area contributed by atoms with Crippen molar-refractivity contribution in [2.24, 2.45) is 0 Å². The number of carbonyl (C=O) groups excluding carboxylic acids is 2. The van der Waals surface area contributed by atoms with Crippen molar-refractivity contribution in [1.29, 1.82) is 0 Å². The van der Waals surface area contributed by atoms with Gasteiger partial charge in [-0.05, 0) is 37.1 Å².